The van der Waals surface area contributed by atoms with Crippen LogP contribution in [0.2, 0.25) is 0 Å². The summed E-state index contributed by atoms with van der Waals surface area (Å²) in [6, 6.07) is 5.48. The van der Waals surface area contributed by atoms with Gasteiger partial charge in [0.1, 0.15) is 23.0 Å². The van der Waals surface area contributed by atoms with E-state index in [2.05, 4.69) is 4.74 Å². The van der Waals surface area contributed by atoms with Crippen LogP contribution in [0.15, 0.2) is 35.6 Å². The van der Waals surface area contributed by atoms with E-state index in [-0.39, 0.29) is 5.57 Å². The van der Waals surface area contributed by atoms with E-state index in [0.717, 1.165) is 19.3 Å². The van der Waals surface area contributed by atoms with Crippen molar-refractivity contribution in [2.75, 3.05) is 21.3 Å². The van der Waals surface area contributed by atoms with Gasteiger partial charge in [-0.05, 0) is 38.5 Å². The van der Waals surface area contributed by atoms with Crippen molar-refractivity contribution in [1.82, 2.24) is 5.06 Å². The lowest BCUT2D eigenvalue weighted by atomic mass is 9.98. The molecule has 152 valence electrons. The summed E-state index contributed by atoms with van der Waals surface area (Å²) in [6.07, 6.45) is -0.881. The Hall–Kier alpha value is -3.23. The highest BCUT2D eigenvalue weighted by Crippen LogP contribution is 2.40. The van der Waals surface area contributed by atoms with E-state index in [9.17, 15) is 14.4 Å². The van der Waals surface area contributed by atoms with Crippen molar-refractivity contribution in [2.45, 2.75) is 32.4 Å². The molecule has 1 aliphatic rings. The van der Waals surface area contributed by atoms with Crippen molar-refractivity contribution in [1.29, 1.82) is 0 Å². The number of rotatable bonds is 4. The first-order valence-corrected chi connectivity index (χ1v) is 8.37. The minimum atomic E-state index is -1.08. The molecule has 1 heterocycles. The lowest BCUT2D eigenvalue weighted by Crippen LogP contribution is -2.37. The second-order valence-electron chi connectivity index (χ2n) is 6.80. The lowest BCUT2D eigenvalue weighted by molar-refractivity contribution is -0.153. The Bertz CT molecular complexity index is 791. The van der Waals surface area contributed by atoms with E-state index in [4.69, 9.17) is 19.0 Å². The first kappa shape index (κ1) is 21.1. The summed E-state index contributed by atoms with van der Waals surface area (Å²) in [5.74, 6) is -1.64. The number of amides is 1. The molecular formula is C19H23NO8. The molecule has 0 bridgehead atoms. The number of hydrogen-bond acceptors (Lipinski definition) is 8. The highest BCUT2D eigenvalue weighted by Gasteiger charge is 2.48. The monoisotopic (exact) mass is 393 g/mol. The summed E-state index contributed by atoms with van der Waals surface area (Å²) in [7, 11) is 3.80. The molecule has 1 aromatic rings. The Balaban J connectivity index is 2.58. The van der Waals surface area contributed by atoms with Gasteiger partial charge in [-0.1, -0.05) is 12.1 Å². The maximum atomic E-state index is 12.7. The maximum absolute atomic E-state index is 12.7. The largest absolute Gasteiger partial charge is 0.497 e. The number of benzene rings is 1. The van der Waals surface area contributed by atoms with Gasteiger partial charge >= 0.3 is 18.0 Å². The molecule has 0 saturated heterocycles. The zero-order valence-corrected chi connectivity index (χ0v) is 16.6. The molecule has 1 unspecified atom stereocenters. The number of hydroxylamine groups is 2. The van der Waals surface area contributed by atoms with E-state index in [1.807, 2.05) is 0 Å². The first-order chi connectivity index (χ1) is 13.1. The highest BCUT2D eigenvalue weighted by molar-refractivity contribution is 6.01. The smallest absolute Gasteiger partial charge is 0.444 e. The van der Waals surface area contributed by atoms with Crippen LogP contribution < -0.4 is 4.74 Å². The van der Waals surface area contributed by atoms with Crippen molar-refractivity contribution in [3.8, 4) is 5.75 Å². The van der Waals surface area contributed by atoms with E-state index in [1.165, 1.54) is 7.11 Å². The molecule has 0 aromatic heterocycles. The molecule has 1 atom stereocenters. The highest BCUT2D eigenvalue weighted by atomic mass is 16.7. The summed E-state index contributed by atoms with van der Waals surface area (Å²) < 4.78 is 20.0. The van der Waals surface area contributed by atoms with Crippen molar-refractivity contribution >= 4 is 18.0 Å². The zero-order valence-electron chi connectivity index (χ0n) is 16.6. The van der Waals surface area contributed by atoms with Crippen LogP contribution in [0, 0.1) is 0 Å². The number of carbonyl (C=O) groups excluding carboxylic acids is 3. The predicted molar refractivity (Wildman–Crippen MR) is 96.0 cm³/mol. The Kier molecular flexibility index (Phi) is 6.17. The Morgan fingerprint density at radius 3 is 2.00 bits per heavy atom. The SMILES string of the molecule is COC(=O)C1=C(C(=O)OC)C(c2ccc(OC)cc2)N(C(=O)OC(C)(C)C)O1. The molecule has 1 aliphatic heterocycles. The Morgan fingerprint density at radius 1 is 0.964 bits per heavy atom. The predicted octanol–water partition coefficient (Wildman–Crippen LogP) is 2.52. The molecule has 0 saturated carbocycles. The van der Waals surface area contributed by atoms with Gasteiger partial charge in [-0.2, -0.15) is 0 Å². The number of esters is 2. The zero-order chi connectivity index (χ0) is 21.1. The fourth-order valence-corrected chi connectivity index (χ4v) is 2.53. The summed E-state index contributed by atoms with van der Waals surface area (Å²) in [5, 5.41) is 0.811. The van der Waals surface area contributed by atoms with Crippen molar-refractivity contribution in [3.63, 3.8) is 0 Å². The quantitative estimate of drug-likeness (QED) is 0.568. The molecule has 9 nitrogen and oxygen atoms in total. The van der Waals surface area contributed by atoms with Crippen LogP contribution in [0.5, 0.6) is 5.75 Å². The van der Waals surface area contributed by atoms with Gasteiger partial charge in [-0.3, -0.25) is 0 Å². The van der Waals surface area contributed by atoms with Gasteiger partial charge in [-0.25, -0.2) is 14.4 Å². The minimum Gasteiger partial charge on any atom is -0.497 e. The third kappa shape index (κ3) is 4.36. The molecule has 28 heavy (non-hydrogen) atoms. The van der Waals surface area contributed by atoms with E-state index < -0.39 is 35.4 Å². The fraction of sp³-hybridized carbons (Fsp3) is 0.421. The molecule has 0 fully saturated rings. The standard InChI is InChI=1S/C19H23NO8/c1-19(2,3)27-18(23)20-14(11-7-9-12(24-4)10-8-11)13(16(21)25-5)15(28-20)17(22)26-6/h7-10,14H,1-6H3. The number of carbonyl (C=O) groups is 3. The van der Waals surface area contributed by atoms with Crippen LogP contribution >= 0.6 is 0 Å². The van der Waals surface area contributed by atoms with Crippen LogP contribution in [0.3, 0.4) is 0 Å². The molecule has 1 aromatic carbocycles. The summed E-state index contributed by atoms with van der Waals surface area (Å²) in [4.78, 5) is 42.7. The lowest BCUT2D eigenvalue weighted by Gasteiger charge is -2.27. The van der Waals surface area contributed by atoms with E-state index in [0.29, 0.717) is 11.3 Å². The molecule has 2 rings (SSSR count). The molecule has 0 N–H and O–H groups in total. The number of nitrogens with zero attached hydrogens (tertiary/aromatic N) is 1. The topological polar surface area (TPSA) is 101 Å². The normalized spacial score (nSPS) is 16.4. The number of ether oxygens (including phenoxy) is 4. The van der Waals surface area contributed by atoms with Gasteiger partial charge in [0.15, 0.2) is 0 Å². The Labute approximate surface area is 162 Å². The van der Waals surface area contributed by atoms with Crippen LogP contribution in [0.4, 0.5) is 4.79 Å². The van der Waals surface area contributed by atoms with Crippen molar-refractivity contribution < 1.29 is 38.2 Å². The van der Waals surface area contributed by atoms with Crippen molar-refractivity contribution in [2.24, 2.45) is 0 Å². The van der Waals surface area contributed by atoms with Crippen LogP contribution in [0.25, 0.3) is 0 Å². The van der Waals surface area contributed by atoms with Gasteiger partial charge in [-0.15, -0.1) is 5.06 Å². The third-order valence-electron chi connectivity index (χ3n) is 3.72. The number of methoxy groups -OCH3 is 3. The Morgan fingerprint density at radius 2 is 1.54 bits per heavy atom. The van der Waals surface area contributed by atoms with Gasteiger partial charge in [0, 0.05) is 0 Å². The molecule has 0 aliphatic carbocycles. The molecule has 1 amide bonds. The molecular weight excluding hydrogens is 370 g/mol. The van der Waals surface area contributed by atoms with Gasteiger partial charge in [0.25, 0.3) is 5.76 Å². The average Bonchev–Trinajstić information content (AvgIpc) is 3.06. The van der Waals surface area contributed by atoms with Crippen LogP contribution in [-0.2, 0) is 28.6 Å². The summed E-state index contributed by atoms with van der Waals surface area (Å²) >= 11 is 0. The average molecular weight is 393 g/mol. The molecule has 9 heteroatoms. The first-order valence-electron chi connectivity index (χ1n) is 8.37. The summed E-state index contributed by atoms with van der Waals surface area (Å²) in [6.45, 7) is 5.04. The molecule has 0 spiro atoms. The minimum absolute atomic E-state index is 0.176. The number of hydrogen-bond donors (Lipinski definition) is 0. The van der Waals surface area contributed by atoms with E-state index in [1.54, 1.807) is 45.0 Å². The second-order valence-corrected chi connectivity index (χ2v) is 6.80. The van der Waals surface area contributed by atoms with Crippen molar-refractivity contribution in [3.05, 3.63) is 41.2 Å². The van der Waals surface area contributed by atoms with Crippen LogP contribution in [0.1, 0.15) is 32.4 Å². The third-order valence-corrected chi connectivity index (χ3v) is 3.72. The fourth-order valence-electron chi connectivity index (χ4n) is 2.53. The van der Waals surface area contributed by atoms with E-state index >= 15 is 0 Å². The molecule has 0 radical (unpaired) electrons. The summed E-state index contributed by atoms with van der Waals surface area (Å²) in [5.41, 5.74) is -0.527. The maximum Gasteiger partial charge on any atom is 0.444 e. The van der Waals surface area contributed by atoms with Gasteiger partial charge in [0.05, 0.1) is 21.3 Å². The van der Waals surface area contributed by atoms with Gasteiger partial charge in [0.2, 0.25) is 0 Å². The van der Waals surface area contributed by atoms with Crippen LogP contribution in [-0.4, -0.2) is 50.0 Å². The second kappa shape index (κ2) is 8.20. The van der Waals surface area contributed by atoms with Gasteiger partial charge < -0.3 is 23.8 Å².